The van der Waals surface area contributed by atoms with E-state index >= 15 is 0 Å². The number of nitrogens with two attached hydrogens (primary N) is 1. The number of aliphatic hydroxyl groups is 1. The summed E-state index contributed by atoms with van der Waals surface area (Å²) in [6.07, 6.45) is 3.53. The first-order valence-corrected chi connectivity index (χ1v) is 8.15. The molecule has 1 fully saturated rings. The third-order valence-electron chi connectivity index (χ3n) is 4.53. The molecular formula is C17H23N5O2. The minimum absolute atomic E-state index is 0.0248. The summed E-state index contributed by atoms with van der Waals surface area (Å²) in [5.74, 6) is -0.0966. The van der Waals surface area contributed by atoms with Crippen molar-refractivity contribution in [1.29, 1.82) is 0 Å². The molecule has 5 N–H and O–H groups in total. The van der Waals surface area contributed by atoms with E-state index in [-0.39, 0.29) is 18.2 Å². The highest BCUT2D eigenvalue weighted by atomic mass is 16.3. The van der Waals surface area contributed by atoms with E-state index in [9.17, 15) is 9.90 Å². The van der Waals surface area contributed by atoms with Crippen LogP contribution in [0, 0.1) is 0 Å². The Labute approximate surface area is 140 Å². The number of aliphatic hydroxyl groups excluding tert-OH is 1. The summed E-state index contributed by atoms with van der Waals surface area (Å²) in [4.78, 5) is 11.8. The second-order valence-corrected chi connectivity index (χ2v) is 6.16. The summed E-state index contributed by atoms with van der Waals surface area (Å²) in [6.45, 7) is 0. The zero-order valence-electron chi connectivity index (χ0n) is 13.6. The molecule has 7 heteroatoms. The summed E-state index contributed by atoms with van der Waals surface area (Å²) in [5.41, 5.74) is 6.68. The van der Waals surface area contributed by atoms with E-state index in [4.69, 9.17) is 5.73 Å². The van der Waals surface area contributed by atoms with Gasteiger partial charge in [-0.15, -0.1) is 0 Å². The Hall–Kier alpha value is -2.38. The average Bonchev–Trinajstić information content (AvgIpc) is 2.99. The van der Waals surface area contributed by atoms with Gasteiger partial charge in [0.25, 0.3) is 5.91 Å². The molecule has 2 aromatic rings. The molecule has 0 saturated heterocycles. The van der Waals surface area contributed by atoms with E-state index in [2.05, 4.69) is 15.7 Å². The molecule has 3 atom stereocenters. The van der Waals surface area contributed by atoms with Gasteiger partial charge in [0.15, 0.2) is 5.82 Å². The van der Waals surface area contributed by atoms with Gasteiger partial charge in [0.2, 0.25) is 0 Å². The molecule has 0 aliphatic heterocycles. The van der Waals surface area contributed by atoms with Crippen molar-refractivity contribution in [2.45, 2.75) is 37.5 Å². The molecule has 3 rings (SSSR count). The van der Waals surface area contributed by atoms with E-state index < -0.39 is 5.91 Å². The van der Waals surface area contributed by atoms with E-state index in [0.29, 0.717) is 17.8 Å². The number of rotatable bonds is 5. The maximum absolute atomic E-state index is 11.8. The Morgan fingerprint density at radius 3 is 2.75 bits per heavy atom. The largest absolute Gasteiger partial charge is 0.393 e. The Balaban J connectivity index is 1.91. The highest BCUT2D eigenvalue weighted by Crippen LogP contribution is 2.30. The van der Waals surface area contributed by atoms with Crippen molar-refractivity contribution in [2.75, 3.05) is 12.4 Å². The third-order valence-corrected chi connectivity index (χ3v) is 4.53. The van der Waals surface area contributed by atoms with Crippen LogP contribution < -0.4 is 16.4 Å². The number of aromatic nitrogens is 2. The normalized spacial score (nSPS) is 23.8. The number of amides is 1. The molecule has 7 nitrogen and oxygen atoms in total. The van der Waals surface area contributed by atoms with Crippen molar-refractivity contribution in [1.82, 2.24) is 15.1 Å². The molecule has 1 amide bonds. The number of carbonyl (C=O) groups excluding carboxylic acids is 1. The van der Waals surface area contributed by atoms with Crippen LogP contribution in [0.4, 0.5) is 11.5 Å². The van der Waals surface area contributed by atoms with Gasteiger partial charge in [-0.05, 0) is 38.4 Å². The highest BCUT2D eigenvalue weighted by molar-refractivity contribution is 5.98. The van der Waals surface area contributed by atoms with Crippen molar-refractivity contribution in [3.63, 3.8) is 0 Å². The van der Waals surface area contributed by atoms with E-state index in [0.717, 1.165) is 18.5 Å². The van der Waals surface area contributed by atoms with Gasteiger partial charge in [-0.25, -0.2) is 0 Å². The second kappa shape index (κ2) is 7.02. The van der Waals surface area contributed by atoms with E-state index in [1.165, 1.54) is 0 Å². The van der Waals surface area contributed by atoms with Gasteiger partial charge in [0.05, 0.1) is 12.1 Å². The van der Waals surface area contributed by atoms with Gasteiger partial charge in [-0.2, -0.15) is 5.10 Å². The molecule has 1 aromatic heterocycles. The lowest BCUT2D eigenvalue weighted by molar-refractivity contribution is 0.0826. The number of benzene rings is 1. The molecule has 0 bridgehead atoms. The molecule has 1 heterocycles. The lowest BCUT2D eigenvalue weighted by Gasteiger charge is -2.34. The minimum atomic E-state index is -0.531. The quantitative estimate of drug-likeness (QED) is 0.663. The summed E-state index contributed by atoms with van der Waals surface area (Å²) in [7, 11) is 1.90. The van der Waals surface area contributed by atoms with Crippen LogP contribution in [0.2, 0.25) is 0 Å². The van der Waals surface area contributed by atoms with Crippen LogP contribution in [0.1, 0.15) is 35.7 Å². The van der Waals surface area contributed by atoms with Gasteiger partial charge in [-0.3, -0.25) is 9.48 Å². The second-order valence-electron chi connectivity index (χ2n) is 6.16. The van der Waals surface area contributed by atoms with Gasteiger partial charge < -0.3 is 21.5 Å². The van der Waals surface area contributed by atoms with Crippen molar-refractivity contribution in [3.05, 3.63) is 42.1 Å². The Bertz CT molecular complexity index is 700. The molecule has 0 radical (unpaired) electrons. The number of anilines is 2. The summed E-state index contributed by atoms with van der Waals surface area (Å²) in [6, 6.07) is 9.67. The highest BCUT2D eigenvalue weighted by Gasteiger charge is 2.31. The number of para-hydroxylation sites is 1. The first-order valence-electron chi connectivity index (χ1n) is 8.15. The Kier molecular flexibility index (Phi) is 4.82. The zero-order chi connectivity index (χ0) is 17.1. The number of nitrogens with one attached hydrogen (secondary N) is 2. The van der Waals surface area contributed by atoms with Crippen LogP contribution >= 0.6 is 0 Å². The predicted octanol–water partition coefficient (Wildman–Crippen LogP) is 1.40. The zero-order valence-corrected chi connectivity index (χ0v) is 13.6. The van der Waals surface area contributed by atoms with Crippen molar-refractivity contribution in [3.8, 4) is 0 Å². The Morgan fingerprint density at radius 2 is 2.08 bits per heavy atom. The first-order chi connectivity index (χ1) is 11.6. The molecule has 1 aliphatic rings. The number of primary amides is 1. The monoisotopic (exact) mass is 329 g/mol. The Morgan fingerprint density at radius 1 is 1.33 bits per heavy atom. The minimum Gasteiger partial charge on any atom is -0.393 e. The van der Waals surface area contributed by atoms with Crippen LogP contribution in [0.15, 0.2) is 36.5 Å². The SMILES string of the molecule is CNC1CC[C@@H](O)CC1n1cc(C(N)=O)c(Nc2ccccc2)n1. The van der Waals surface area contributed by atoms with Crippen LogP contribution in [0.5, 0.6) is 0 Å². The van der Waals surface area contributed by atoms with Crippen LogP contribution in [-0.4, -0.2) is 40.0 Å². The maximum Gasteiger partial charge on any atom is 0.254 e. The molecule has 2 unspecified atom stereocenters. The predicted molar refractivity (Wildman–Crippen MR) is 92.2 cm³/mol. The summed E-state index contributed by atoms with van der Waals surface area (Å²) in [5, 5.41) is 20.9. The fourth-order valence-electron chi connectivity index (χ4n) is 3.25. The smallest absolute Gasteiger partial charge is 0.254 e. The topological polar surface area (TPSA) is 105 Å². The van der Waals surface area contributed by atoms with Gasteiger partial charge in [0.1, 0.15) is 5.56 Å². The van der Waals surface area contributed by atoms with Crippen molar-refractivity contribution < 1.29 is 9.90 Å². The fourth-order valence-corrected chi connectivity index (χ4v) is 3.25. The first kappa shape index (κ1) is 16.5. The van der Waals surface area contributed by atoms with Gasteiger partial charge in [-0.1, -0.05) is 18.2 Å². The number of hydrogen-bond donors (Lipinski definition) is 4. The van der Waals surface area contributed by atoms with Gasteiger partial charge >= 0.3 is 0 Å². The molecular weight excluding hydrogens is 306 g/mol. The van der Waals surface area contributed by atoms with E-state index in [1.807, 2.05) is 37.4 Å². The standard InChI is InChI=1S/C17H23N5O2/c1-19-14-8-7-12(23)9-15(14)22-10-13(16(18)24)17(21-22)20-11-5-3-2-4-6-11/h2-6,10,12,14-15,19,23H,7-9H2,1H3,(H2,18,24)(H,20,21)/t12-,14?,15?/m1/s1. The van der Waals surface area contributed by atoms with Crippen LogP contribution in [0.25, 0.3) is 0 Å². The van der Waals surface area contributed by atoms with Crippen molar-refractivity contribution >= 4 is 17.4 Å². The lowest BCUT2D eigenvalue weighted by Crippen LogP contribution is -2.41. The third kappa shape index (κ3) is 3.42. The van der Waals surface area contributed by atoms with Crippen LogP contribution in [0.3, 0.4) is 0 Å². The van der Waals surface area contributed by atoms with E-state index in [1.54, 1.807) is 10.9 Å². The molecule has 1 aromatic carbocycles. The number of likely N-dealkylation sites (N-methyl/N-ethyl adjacent to an activating group) is 1. The molecule has 0 spiro atoms. The molecule has 1 aliphatic carbocycles. The molecule has 24 heavy (non-hydrogen) atoms. The maximum atomic E-state index is 11.8. The van der Waals surface area contributed by atoms with Gasteiger partial charge in [0, 0.05) is 17.9 Å². The average molecular weight is 329 g/mol. The number of hydrogen-bond acceptors (Lipinski definition) is 5. The summed E-state index contributed by atoms with van der Waals surface area (Å²) >= 11 is 0. The number of carbonyl (C=O) groups is 1. The fraction of sp³-hybridized carbons (Fsp3) is 0.412. The summed E-state index contributed by atoms with van der Waals surface area (Å²) < 4.78 is 1.74. The van der Waals surface area contributed by atoms with Crippen molar-refractivity contribution in [2.24, 2.45) is 5.73 Å². The molecule has 1 saturated carbocycles. The van der Waals surface area contributed by atoms with Crippen LogP contribution in [-0.2, 0) is 0 Å². The molecule has 128 valence electrons. The number of nitrogens with zero attached hydrogens (tertiary/aromatic N) is 2. The lowest BCUT2D eigenvalue weighted by atomic mass is 9.88.